The van der Waals surface area contributed by atoms with Crippen molar-refractivity contribution in [2.24, 2.45) is 7.05 Å². The molecule has 0 saturated heterocycles. The molecule has 0 bridgehead atoms. The highest BCUT2D eigenvalue weighted by atomic mass is 35.5. The fourth-order valence-electron chi connectivity index (χ4n) is 2.09. The summed E-state index contributed by atoms with van der Waals surface area (Å²) in [6, 6.07) is 6.55. The molecule has 0 spiro atoms. The zero-order valence-corrected chi connectivity index (χ0v) is 12.4. The summed E-state index contributed by atoms with van der Waals surface area (Å²) in [6.45, 7) is 0. The normalized spacial score (nSPS) is 11.0. The number of benzene rings is 1. The molecule has 0 atom stereocenters. The number of carbonyl (C=O) groups is 1. The second-order valence-electron chi connectivity index (χ2n) is 4.49. The molecule has 3 rings (SSSR count). The van der Waals surface area contributed by atoms with E-state index < -0.39 is 5.97 Å². The van der Waals surface area contributed by atoms with Crippen molar-refractivity contribution in [1.29, 1.82) is 0 Å². The second-order valence-corrected chi connectivity index (χ2v) is 5.31. The number of fused-ring (bicyclic) bond motifs is 1. The molecule has 3 aromatic rings. The molecule has 0 fully saturated rings. The van der Waals surface area contributed by atoms with Crippen LogP contribution in [0.5, 0.6) is 0 Å². The van der Waals surface area contributed by atoms with Crippen molar-refractivity contribution in [2.45, 2.75) is 0 Å². The van der Waals surface area contributed by atoms with Gasteiger partial charge in [-0.3, -0.25) is 4.68 Å². The van der Waals surface area contributed by atoms with Crippen molar-refractivity contribution in [2.75, 3.05) is 0 Å². The lowest BCUT2D eigenvalue weighted by Crippen LogP contribution is -2.01. The van der Waals surface area contributed by atoms with Crippen LogP contribution in [0.3, 0.4) is 0 Å². The van der Waals surface area contributed by atoms with Crippen LogP contribution in [0.1, 0.15) is 10.4 Å². The Bertz CT molecular complexity index is 874. The van der Waals surface area contributed by atoms with Crippen molar-refractivity contribution in [3.8, 4) is 11.3 Å². The van der Waals surface area contributed by atoms with Gasteiger partial charge in [0.15, 0.2) is 5.65 Å². The van der Waals surface area contributed by atoms with Gasteiger partial charge in [0.25, 0.3) is 0 Å². The topological polar surface area (TPSA) is 68.0 Å². The monoisotopic (exact) mass is 321 g/mol. The predicted molar refractivity (Wildman–Crippen MR) is 80.9 cm³/mol. The maximum atomic E-state index is 11.4. The highest BCUT2D eigenvalue weighted by Crippen LogP contribution is 2.29. The molecular weight excluding hydrogens is 313 g/mol. The van der Waals surface area contributed by atoms with Crippen molar-refractivity contribution < 1.29 is 9.90 Å². The molecule has 21 heavy (non-hydrogen) atoms. The lowest BCUT2D eigenvalue weighted by molar-refractivity contribution is 0.0699. The molecule has 7 heteroatoms. The first-order chi connectivity index (χ1) is 9.97. The van der Waals surface area contributed by atoms with Gasteiger partial charge in [0.2, 0.25) is 0 Å². The Labute approximate surface area is 129 Å². The van der Waals surface area contributed by atoms with Crippen molar-refractivity contribution in [3.63, 3.8) is 0 Å². The molecule has 1 N–H and O–H groups in total. The number of hydrogen-bond acceptors (Lipinski definition) is 3. The average Bonchev–Trinajstić information content (AvgIpc) is 2.82. The van der Waals surface area contributed by atoms with E-state index in [-0.39, 0.29) is 5.56 Å². The van der Waals surface area contributed by atoms with Crippen molar-refractivity contribution >= 4 is 40.2 Å². The van der Waals surface area contributed by atoms with Gasteiger partial charge in [-0.15, -0.1) is 0 Å². The third kappa shape index (κ3) is 2.34. The lowest BCUT2D eigenvalue weighted by atomic mass is 10.1. The number of rotatable bonds is 2. The molecule has 0 unspecified atom stereocenters. The van der Waals surface area contributed by atoms with Crippen LogP contribution in [0.4, 0.5) is 0 Å². The van der Waals surface area contributed by atoms with Crippen LogP contribution in [0.25, 0.3) is 22.3 Å². The van der Waals surface area contributed by atoms with E-state index in [0.717, 1.165) is 0 Å². The molecule has 0 amide bonds. The van der Waals surface area contributed by atoms with Crippen LogP contribution in [0.15, 0.2) is 30.5 Å². The summed E-state index contributed by atoms with van der Waals surface area (Å²) in [4.78, 5) is 15.9. The largest absolute Gasteiger partial charge is 0.478 e. The van der Waals surface area contributed by atoms with Gasteiger partial charge in [-0.25, -0.2) is 9.78 Å². The Kier molecular flexibility index (Phi) is 3.31. The Balaban J connectivity index is 2.29. The number of carboxylic acids is 1. The Morgan fingerprint density at radius 3 is 2.67 bits per heavy atom. The van der Waals surface area contributed by atoms with Crippen molar-refractivity contribution in [1.82, 2.24) is 14.8 Å². The van der Waals surface area contributed by atoms with Gasteiger partial charge in [0.1, 0.15) is 0 Å². The summed E-state index contributed by atoms with van der Waals surface area (Å²) in [5.41, 5.74) is 1.84. The second kappa shape index (κ2) is 5.02. The van der Waals surface area contributed by atoms with Crippen LogP contribution < -0.4 is 0 Å². The summed E-state index contributed by atoms with van der Waals surface area (Å²) in [5.74, 6) is -1.03. The van der Waals surface area contributed by atoms with Crippen LogP contribution in [-0.2, 0) is 7.05 Å². The van der Waals surface area contributed by atoms with E-state index in [1.165, 1.54) is 16.9 Å². The molecule has 2 aromatic heterocycles. The summed E-state index contributed by atoms with van der Waals surface area (Å²) in [6.07, 6.45) is 1.49. The summed E-state index contributed by atoms with van der Waals surface area (Å²) in [7, 11) is 1.71. The van der Waals surface area contributed by atoms with E-state index in [0.29, 0.717) is 32.3 Å². The molecule has 0 aliphatic heterocycles. The molecule has 0 aliphatic rings. The average molecular weight is 322 g/mol. The Morgan fingerprint density at radius 2 is 2.00 bits per heavy atom. The third-order valence-corrected chi connectivity index (χ3v) is 3.89. The van der Waals surface area contributed by atoms with E-state index in [2.05, 4.69) is 10.1 Å². The number of nitrogens with zero attached hydrogens (tertiary/aromatic N) is 3. The molecule has 2 heterocycles. The Hall–Kier alpha value is -2.11. The molecule has 0 saturated carbocycles. The first-order valence-corrected chi connectivity index (χ1v) is 6.74. The third-order valence-electron chi connectivity index (χ3n) is 3.15. The van der Waals surface area contributed by atoms with E-state index in [4.69, 9.17) is 23.2 Å². The van der Waals surface area contributed by atoms with Crippen molar-refractivity contribution in [3.05, 3.63) is 46.1 Å². The maximum Gasteiger partial charge on any atom is 0.336 e. The van der Waals surface area contributed by atoms with Gasteiger partial charge in [0, 0.05) is 12.6 Å². The zero-order chi connectivity index (χ0) is 15.1. The SMILES string of the molecule is Cn1ncc2c(C(=O)O)cc(-c3ccc(Cl)c(Cl)c3)nc21. The highest BCUT2D eigenvalue weighted by Gasteiger charge is 2.16. The number of carboxylic acid groups (broad SMARTS) is 1. The molecule has 5 nitrogen and oxygen atoms in total. The molecular formula is C14H9Cl2N3O2. The number of aromatic carboxylic acids is 1. The van der Waals surface area contributed by atoms with E-state index in [9.17, 15) is 9.90 Å². The van der Waals surface area contributed by atoms with E-state index in [1.54, 1.807) is 25.2 Å². The number of pyridine rings is 1. The molecule has 106 valence electrons. The molecule has 1 aromatic carbocycles. The predicted octanol–water partition coefficient (Wildman–Crippen LogP) is 3.64. The number of halogens is 2. The van der Waals surface area contributed by atoms with Gasteiger partial charge in [-0.05, 0) is 18.2 Å². The number of aryl methyl sites for hydroxylation is 1. The van der Waals surface area contributed by atoms with Gasteiger partial charge in [0.05, 0.1) is 32.9 Å². The van der Waals surface area contributed by atoms with Gasteiger partial charge in [-0.1, -0.05) is 29.3 Å². The minimum atomic E-state index is -1.03. The summed E-state index contributed by atoms with van der Waals surface area (Å²) < 4.78 is 1.53. The summed E-state index contributed by atoms with van der Waals surface area (Å²) in [5, 5.41) is 14.7. The molecule has 0 aliphatic carbocycles. The first-order valence-electron chi connectivity index (χ1n) is 5.99. The molecule has 0 radical (unpaired) electrons. The minimum Gasteiger partial charge on any atom is -0.478 e. The fourth-order valence-corrected chi connectivity index (χ4v) is 2.39. The number of hydrogen-bond donors (Lipinski definition) is 1. The lowest BCUT2D eigenvalue weighted by Gasteiger charge is -2.06. The quantitative estimate of drug-likeness (QED) is 0.782. The van der Waals surface area contributed by atoms with Crippen LogP contribution in [0.2, 0.25) is 10.0 Å². The van der Waals surface area contributed by atoms with Gasteiger partial charge in [-0.2, -0.15) is 5.10 Å². The standard InChI is InChI=1S/C14H9Cl2N3O2/c1-19-13-9(6-17-19)8(14(20)21)5-12(18-13)7-2-3-10(15)11(16)4-7/h2-6H,1H3,(H,20,21). The van der Waals surface area contributed by atoms with E-state index >= 15 is 0 Å². The van der Waals surface area contributed by atoms with Gasteiger partial charge >= 0.3 is 5.97 Å². The van der Waals surface area contributed by atoms with E-state index in [1.807, 2.05) is 0 Å². The maximum absolute atomic E-state index is 11.4. The van der Waals surface area contributed by atoms with Crippen LogP contribution in [-0.4, -0.2) is 25.8 Å². The van der Waals surface area contributed by atoms with Crippen LogP contribution >= 0.6 is 23.2 Å². The fraction of sp³-hybridized carbons (Fsp3) is 0.0714. The summed E-state index contributed by atoms with van der Waals surface area (Å²) >= 11 is 11.9. The first kappa shape index (κ1) is 13.9. The van der Waals surface area contributed by atoms with Crippen LogP contribution in [0, 0.1) is 0 Å². The Morgan fingerprint density at radius 1 is 1.24 bits per heavy atom. The smallest absolute Gasteiger partial charge is 0.336 e. The minimum absolute atomic E-state index is 0.147. The highest BCUT2D eigenvalue weighted by molar-refractivity contribution is 6.42. The zero-order valence-electron chi connectivity index (χ0n) is 10.8. The number of aromatic nitrogens is 3. The van der Waals surface area contributed by atoms with Gasteiger partial charge < -0.3 is 5.11 Å².